The molecule has 0 unspecified atom stereocenters. The number of rotatable bonds is 5. The van der Waals surface area contributed by atoms with E-state index < -0.39 is 0 Å². The Morgan fingerprint density at radius 3 is 3.00 bits per heavy atom. The summed E-state index contributed by atoms with van der Waals surface area (Å²) in [5.41, 5.74) is 2.52. The summed E-state index contributed by atoms with van der Waals surface area (Å²) >= 11 is 3.00. The van der Waals surface area contributed by atoms with Crippen LogP contribution in [0.25, 0.3) is 16.2 Å². The lowest BCUT2D eigenvalue weighted by Crippen LogP contribution is -1.99. The van der Waals surface area contributed by atoms with Crippen molar-refractivity contribution in [1.29, 1.82) is 0 Å². The molecule has 2 N–H and O–H groups in total. The minimum Gasteiger partial charge on any atom is -0.390 e. The maximum Gasteiger partial charge on any atom is 0.214 e. The third-order valence-corrected chi connectivity index (χ3v) is 4.93. The second kappa shape index (κ2) is 6.03. The first kappa shape index (κ1) is 14.2. The smallest absolute Gasteiger partial charge is 0.214 e. The number of hydrogen-bond donors (Lipinski definition) is 2. The molecule has 0 saturated heterocycles. The van der Waals surface area contributed by atoms with Gasteiger partial charge in [-0.15, -0.1) is 16.4 Å². The van der Waals surface area contributed by atoms with Gasteiger partial charge in [-0.05, 0) is 12.1 Å². The van der Waals surface area contributed by atoms with Crippen molar-refractivity contribution in [2.75, 3.05) is 5.32 Å². The maximum absolute atomic E-state index is 9.02. The van der Waals surface area contributed by atoms with Crippen LogP contribution in [0.2, 0.25) is 0 Å². The Morgan fingerprint density at radius 1 is 1.30 bits per heavy atom. The molecule has 0 fully saturated rings. The van der Waals surface area contributed by atoms with Crippen LogP contribution in [-0.2, 0) is 13.2 Å². The number of pyridine rings is 1. The van der Waals surface area contributed by atoms with Gasteiger partial charge in [0, 0.05) is 23.3 Å². The Hall–Kier alpha value is -2.36. The predicted octanol–water partition coefficient (Wildman–Crippen LogP) is 2.41. The summed E-state index contributed by atoms with van der Waals surface area (Å²) in [6, 6.07) is 3.86. The molecule has 0 aliphatic carbocycles. The van der Waals surface area contributed by atoms with E-state index in [0.717, 1.165) is 26.4 Å². The fourth-order valence-corrected chi connectivity index (χ4v) is 3.58. The van der Waals surface area contributed by atoms with Gasteiger partial charge in [0.15, 0.2) is 0 Å². The monoisotopic (exact) mass is 344 g/mol. The SMILES string of the molecule is OCc1csc(CNc2nn3cc(-c4cccnc4)nc3s2)n1. The number of fused-ring (bicyclic) bond motifs is 1. The lowest BCUT2D eigenvalue weighted by Gasteiger charge is -1.97. The predicted molar refractivity (Wildman–Crippen MR) is 89.5 cm³/mol. The van der Waals surface area contributed by atoms with Crippen LogP contribution in [0, 0.1) is 0 Å². The van der Waals surface area contributed by atoms with Crippen LogP contribution in [0.3, 0.4) is 0 Å². The van der Waals surface area contributed by atoms with Gasteiger partial charge < -0.3 is 10.4 Å². The van der Waals surface area contributed by atoms with Gasteiger partial charge >= 0.3 is 0 Å². The molecule has 9 heteroatoms. The molecule has 4 aromatic rings. The Labute approximate surface area is 139 Å². The third-order valence-electron chi connectivity index (χ3n) is 3.15. The molecule has 4 aromatic heterocycles. The molecule has 0 aliphatic rings. The lowest BCUT2D eigenvalue weighted by molar-refractivity contribution is 0.277. The van der Waals surface area contributed by atoms with Crippen LogP contribution in [0.5, 0.6) is 0 Å². The fraction of sp³-hybridized carbons (Fsp3) is 0.143. The molecule has 116 valence electrons. The molecule has 0 aliphatic heterocycles. The van der Waals surface area contributed by atoms with E-state index in [2.05, 4.69) is 25.4 Å². The van der Waals surface area contributed by atoms with Gasteiger partial charge in [-0.2, -0.15) is 0 Å². The molecule has 0 aromatic carbocycles. The van der Waals surface area contributed by atoms with Crippen LogP contribution in [-0.4, -0.2) is 29.7 Å². The zero-order chi connectivity index (χ0) is 15.6. The number of hydrogen-bond acceptors (Lipinski definition) is 8. The van der Waals surface area contributed by atoms with Crippen molar-refractivity contribution in [2.45, 2.75) is 13.2 Å². The summed E-state index contributed by atoms with van der Waals surface area (Å²) in [5.74, 6) is 0. The maximum atomic E-state index is 9.02. The molecule has 0 radical (unpaired) electrons. The molecule has 23 heavy (non-hydrogen) atoms. The normalized spacial score (nSPS) is 11.2. The highest BCUT2D eigenvalue weighted by atomic mass is 32.1. The van der Waals surface area contributed by atoms with E-state index in [1.54, 1.807) is 16.9 Å². The second-order valence-corrected chi connectivity index (χ2v) is 6.65. The molecule has 4 heterocycles. The largest absolute Gasteiger partial charge is 0.390 e. The zero-order valence-corrected chi connectivity index (χ0v) is 13.5. The van der Waals surface area contributed by atoms with E-state index in [4.69, 9.17) is 5.11 Å². The number of nitrogens with one attached hydrogen (secondary N) is 1. The van der Waals surface area contributed by atoms with E-state index in [-0.39, 0.29) is 6.61 Å². The van der Waals surface area contributed by atoms with Crippen molar-refractivity contribution in [3.05, 3.63) is 46.8 Å². The van der Waals surface area contributed by atoms with Gasteiger partial charge in [-0.25, -0.2) is 14.5 Å². The Morgan fingerprint density at radius 2 is 2.26 bits per heavy atom. The quantitative estimate of drug-likeness (QED) is 0.578. The minimum absolute atomic E-state index is 0.0291. The van der Waals surface area contributed by atoms with E-state index in [9.17, 15) is 0 Å². The summed E-state index contributed by atoms with van der Waals surface area (Å²) < 4.78 is 1.76. The highest BCUT2D eigenvalue weighted by Gasteiger charge is 2.10. The van der Waals surface area contributed by atoms with E-state index >= 15 is 0 Å². The number of aromatic nitrogens is 5. The summed E-state index contributed by atoms with van der Waals surface area (Å²) in [7, 11) is 0. The average molecular weight is 344 g/mol. The Balaban J connectivity index is 1.50. The van der Waals surface area contributed by atoms with Crippen LogP contribution in [0.15, 0.2) is 36.1 Å². The van der Waals surface area contributed by atoms with Gasteiger partial charge in [0.05, 0.1) is 30.7 Å². The van der Waals surface area contributed by atoms with Crippen molar-refractivity contribution >= 4 is 32.8 Å². The lowest BCUT2D eigenvalue weighted by atomic mass is 10.2. The highest BCUT2D eigenvalue weighted by Crippen LogP contribution is 2.24. The van der Waals surface area contributed by atoms with Crippen LogP contribution >= 0.6 is 22.7 Å². The van der Waals surface area contributed by atoms with Crippen LogP contribution in [0.4, 0.5) is 5.13 Å². The standard InChI is InChI=1S/C14H12N6OS2/c21-7-10-8-22-12(17-10)5-16-13-19-20-6-11(18-14(20)23-13)9-2-1-3-15-4-9/h1-4,6,8,21H,5,7H2,(H,16,19). The molecule has 0 bridgehead atoms. The van der Waals surface area contributed by atoms with Crippen molar-refractivity contribution < 1.29 is 5.11 Å². The molecule has 4 rings (SSSR count). The summed E-state index contributed by atoms with van der Waals surface area (Å²) in [6.07, 6.45) is 5.41. The van der Waals surface area contributed by atoms with E-state index in [0.29, 0.717) is 12.2 Å². The first-order valence-corrected chi connectivity index (χ1v) is 8.56. The average Bonchev–Trinajstić information content (AvgIpc) is 3.28. The fourth-order valence-electron chi connectivity index (χ4n) is 2.08. The van der Waals surface area contributed by atoms with Gasteiger partial charge in [-0.3, -0.25) is 4.98 Å². The summed E-state index contributed by atoms with van der Waals surface area (Å²) in [4.78, 5) is 13.8. The van der Waals surface area contributed by atoms with Gasteiger partial charge in [0.1, 0.15) is 5.01 Å². The van der Waals surface area contributed by atoms with Gasteiger partial charge in [0.25, 0.3) is 0 Å². The van der Waals surface area contributed by atoms with E-state index in [1.165, 1.54) is 22.7 Å². The van der Waals surface area contributed by atoms with Gasteiger partial charge in [-0.1, -0.05) is 11.3 Å². The van der Waals surface area contributed by atoms with Gasteiger partial charge in [0.2, 0.25) is 10.1 Å². The van der Waals surface area contributed by atoms with Crippen LogP contribution < -0.4 is 5.32 Å². The number of aliphatic hydroxyl groups is 1. The van der Waals surface area contributed by atoms with Crippen molar-refractivity contribution in [3.63, 3.8) is 0 Å². The molecular weight excluding hydrogens is 332 g/mol. The summed E-state index contributed by atoms with van der Waals surface area (Å²) in [6.45, 7) is 0.551. The summed E-state index contributed by atoms with van der Waals surface area (Å²) in [5, 5.41) is 20.3. The van der Waals surface area contributed by atoms with Crippen LogP contribution in [0.1, 0.15) is 10.7 Å². The molecular formula is C14H12N6OS2. The zero-order valence-electron chi connectivity index (χ0n) is 11.9. The number of aliphatic hydroxyl groups excluding tert-OH is 1. The molecule has 0 spiro atoms. The molecule has 0 atom stereocenters. The highest BCUT2D eigenvalue weighted by molar-refractivity contribution is 7.20. The molecule has 7 nitrogen and oxygen atoms in total. The topological polar surface area (TPSA) is 88.2 Å². The number of nitrogens with zero attached hydrogens (tertiary/aromatic N) is 5. The van der Waals surface area contributed by atoms with Crippen molar-refractivity contribution in [3.8, 4) is 11.3 Å². The van der Waals surface area contributed by atoms with Crippen molar-refractivity contribution in [1.82, 2.24) is 24.6 Å². The number of imidazole rings is 1. The minimum atomic E-state index is -0.0291. The Bertz CT molecular complexity index is 898. The number of anilines is 1. The van der Waals surface area contributed by atoms with E-state index in [1.807, 2.05) is 23.7 Å². The molecule has 0 saturated carbocycles. The first-order valence-electron chi connectivity index (χ1n) is 6.86. The third kappa shape index (κ3) is 2.93. The Kier molecular flexibility index (Phi) is 3.74. The number of thiazole rings is 1. The van der Waals surface area contributed by atoms with Crippen molar-refractivity contribution in [2.24, 2.45) is 0 Å². The first-order chi connectivity index (χ1) is 11.3. The second-order valence-electron chi connectivity index (χ2n) is 4.75. The molecule has 0 amide bonds.